The molecule has 0 atom stereocenters. The summed E-state index contributed by atoms with van der Waals surface area (Å²) in [7, 11) is -1.75. The first-order chi connectivity index (χ1) is 14.3. The smallest absolute Gasteiger partial charge is 0.191 e. The van der Waals surface area contributed by atoms with Gasteiger partial charge in [-0.25, -0.2) is 0 Å². The van der Waals surface area contributed by atoms with E-state index in [1.807, 2.05) is 0 Å². The van der Waals surface area contributed by atoms with Crippen molar-refractivity contribution in [2.45, 2.75) is 45.3 Å². The van der Waals surface area contributed by atoms with Crippen molar-refractivity contribution in [1.82, 2.24) is 0 Å². The van der Waals surface area contributed by atoms with Crippen molar-refractivity contribution in [3.05, 3.63) is 91.0 Å². The van der Waals surface area contributed by atoms with Crippen molar-refractivity contribution in [2.24, 2.45) is 0 Å². The molecule has 0 N–H and O–H groups in total. The lowest BCUT2D eigenvalue weighted by molar-refractivity contribution is 0.299. The summed E-state index contributed by atoms with van der Waals surface area (Å²) in [6.45, 7) is 10.5. The highest BCUT2D eigenvalue weighted by atomic mass is 31.2. The molecular formula is C27H35OPSi. The van der Waals surface area contributed by atoms with E-state index in [0.29, 0.717) is 0 Å². The summed E-state index contributed by atoms with van der Waals surface area (Å²) in [5, 5.41) is 4.43. The van der Waals surface area contributed by atoms with Gasteiger partial charge in [0.05, 0.1) is 0 Å². The van der Waals surface area contributed by atoms with Crippen LogP contribution >= 0.6 is 6.89 Å². The maximum atomic E-state index is 6.52. The Morgan fingerprint density at radius 3 is 1.40 bits per heavy atom. The van der Waals surface area contributed by atoms with Crippen LogP contribution < -0.4 is 15.9 Å². The highest BCUT2D eigenvalue weighted by Crippen LogP contribution is 2.44. The van der Waals surface area contributed by atoms with Gasteiger partial charge in [-0.1, -0.05) is 118 Å². The van der Waals surface area contributed by atoms with Crippen molar-refractivity contribution < 1.29 is 4.43 Å². The summed E-state index contributed by atoms with van der Waals surface area (Å²) in [6, 6.07) is 33.0. The second-order valence-corrected chi connectivity index (χ2v) is 17.5. The molecule has 1 nitrogen and oxygen atoms in total. The molecule has 0 aliphatic rings. The molecule has 30 heavy (non-hydrogen) atoms. The van der Waals surface area contributed by atoms with Gasteiger partial charge in [-0.05, 0) is 47.4 Å². The molecule has 3 aromatic carbocycles. The second kappa shape index (κ2) is 9.52. The quantitative estimate of drug-likeness (QED) is 0.245. The molecule has 0 spiro atoms. The molecule has 0 fully saturated rings. The fourth-order valence-corrected chi connectivity index (χ4v) is 8.54. The molecule has 3 aromatic rings. The molecule has 0 saturated heterocycles. The van der Waals surface area contributed by atoms with Gasteiger partial charge in [0, 0.05) is 6.61 Å². The lowest BCUT2D eigenvalue weighted by Crippen LogP contribution is -2.41. The van der Waals surface area contributed by atoms with Crippen LogP contribution in [0.15, 0.2) is 91.0 Å². The highest BCUT2D eigenvalue weighted by molar-refractivity contribution is 7.94. The van der Waals surface area contributed by atoms with Crippen LogP contribution in [0.5, 0.6) is 0 Å². The Morgan fingerprint density at radius 2 is 1.07 bits per heavy atom. The highest BCUT2D eigenvalue weighted by Gasteiger charge is 2.36. The maximum absolute atomic E-state index is 6.52. The number of hydrogen-bond acceptors (Lipinski definition) is 1. The monoisotopic (exact) mass is 434 g/mol. The molecule has 0 bridgehead atoms. The van der Waals surface area contributed by atoms with Gasteiger partial charge in [0.1, 0.15) is 0 Å². The largest absolute Gasteiger partial charge is 0.417 e. The molecule has 3 heteroatoms. The van der Waals surface area contributed by atoms with Gasteiger partial charge in [0.15, 0.2) is 8.32 Å². The summed E-state index contributed by atoms with van der Waals surface area (Å²) < 4.78 is 6.52. The average Bonchev–Trinajstić information content (AvgIpc) is 2.75. The molecule has 0 radical (unpaired) electrons. The van der Waals surface area contributed by atoms with Crippen molar-refractivity contribution in [3.63, 3.8) is 0 Å². The average molecular weight is 435 g/mol. The summed E-state index contributed by atoms with van der Waals surface area (Å²) in [4.78, 5) is 0. The zero-order valence-electron chi connectivity index (χ0n) is 19.0. The fourth-order valence-electron chi connectivity index (χ4n) is 3.53. The lowest BCUT2D eigenvalue weighted by atomic mass is 10.2. The van der Waals surface area contributed by atoms with E-state index in [2.05, 4.69) is 131 Å². The summed E-state index contributed by atoms with van der Waals surface area (Å²) >= 11 is 0. The minimum Gasteiger partial charge on any atom is -0.417 e. The Morgan fingerprint density at radius 1 is 0.700 bits per heavy atom. The van der Waals surface area contributed by atoms with E-state index >= 15 is 0 Å². The van der Waals surface area contributed by atoms with Gasteiger partial charge in [-0.3, -0.25) is 0 Å². The second-order valence-electron chi connectivity index (χ2n) is 9.31. The van der Waals surface area contributed by atoms with Crippen LogP contribution in [0.25, 0.3) is 0 Å². The maximum Gasteiger partial charge on any atom is 0.191 e. The number of hydrogen-bond donors (Lipinski definition) is 0. The van der Waals surface area contributed by atoms with Gasteiger partial charge < -0.3 is 4.43 Å². The number of benzene rings is 3. The van der Waals surface area contributed by atoms with Gasteiger partial charge >= 0.3 is 0 Å². The zero-order valence-corrected chi connectivity index (χ0v) is 20.9. The van der Waals surface area contributed by atoms with E-state index in [1.54, 1.807) is 0 Å². The minimum absolute atomic E-state index is 0.234. The van der Waals surface area contributed by atoms with Gasteiger partial charge in [0.2, 0.25) is 0 Å². The summed E-state index contributed by atoms with van der Waals surface area (Å²) in [5.74, 6) is 2.57. The molecule has 0 aliphatic heterocycles. The molecule has 3 rings (SSSR count). The third-order valence-electron chi connectivity index (χ3n) is 6.28. The van der Waals surface area contributed by atoms with Gasteiger partial charge in [-0.2, -0.15) is 0 Å². The summed E-state index contributed by atoms with van der Waals surface area (Å²) in [6.07, 6.45) is 0.943. The van der Waals surface area contributed by atoms with E-state index in [0.717, 1.165) is 13.0 Å². The Kier molecular flexibility index (Phi) is 7.24. The third kappa shape index (κ3) is 4.89. The van der Waals surface area contributed by atoms with Crippen LogP contribution in [0.3, 0.4) is 0 Å². The van der Waals surface area contributed by atoms with Gasteiger partial charge in [0.25, 0.3) is 0 Å². The zero-order chi connectivity index (χ0) is 21.7. The van der Waals surface area contributed by atoms with Crippen LogP contribution in [0.1, 0.15) is 27.2 Å². The van der Waals surface area contributed by atoms with Crippen LogP contribution in [0, 0.1) is 0 Å². The molecule has 0 amide bonds. The van der Waals surface area contributed by atoms with E-state index in [4.69, 9.17) is 4.43 Å². The Balaban J connectivity index is 2.09. The first kappa shape index (κ1) is 22.8. The topological polar surface area (TPSA) is 9.23 Å². The van der Waals surface area contributed by atoms with Crippen molar-refractivity contribution in [2.75, 3.05) is 6.61 Å². The van der Waals surface area contributed by atoms with Crippen LogP contribution in [-0.2, 0) is 4.43 Å². The Hall–Kier alpha value is -1.86. The Labute approximate surface area is 184 Å². The lowest BCUT2D eigenvalue weighted by Gasteiger charge is -2.36. The molecule has 158 valence electrons. The molecule has 0 aliphatic carbocycles. The molecule has 0 heterocycles. The van der Waals surface area contributed by atoms with E-state index in [9.17, 15) is 0 Å². The molecular weight excluding hydrogens is 399 g/mol. The molecule has 0 unspecified atom stereocenters. The van der Waals surface area contributed by atoms with Gasteiger partial charge in [-0.15, -0.1) is 0 Å². The predicted octanol–water partition coefficient (Wildman–Crippen LogP) is 6.19. The Bertz CT molecular complexity index is 870. The van der Waals surface area contributed by atoms with Crippen LogP contribution in [0.2, 0.25) is 18.1 Å². The fraction of sp³-hybridized carbons (Fsp3) is 0.296. The van der Waals surface area contributed by atoms with Crippen LogP contribution in [-0.4, -0.2) is 20.7 Å². The normalized spacial score (nSPS) is 12.6. The third-order valence-corrected chi connectivity index (χ3v) is 15.0. The molecule has 0 saturated carbocycles. The van der Waals surface area contributed by atoms with Crippen molar-refractivity contribution >= 4 is 36.9 Å². The van der Waals surface area contributed by atoms with E-state index in [1.165, 1.54) is 15.9 Å². The minimum atomic E-state index is -1.87. The first-order valence-electron chi connectivity index (χ1n) is 10.8. The van der Waals surface area contributed by atoms with Crippen molar-refractivity contribution in [3.8, 4) is 0 Å². The van der Waals surface area contributed by atoms with E-state index < -0.39 is 15.2 Å². The van der Waals surface area contributed by atoms with Crippen molar-refractivity contribution in [1.29, 1.82) is 0 Å². The molecule has 0 aromatic heterocycles. The van der Waals surface area contributed by atoms with Crippen LogP contribution in [0.4, 0.5) is 0 Å². The predicted molar refractivity (Wildman–Crippen MR) is 139 cm³/mol. The summed E-state index contributed by atoms with van der Waals surface area (Å²) in [5.41, 5.74) is 0. The SMILES string of the molecule is CC(C)(C)[Si](C)(C)OCCC=P(c1ccccc1)(c1ccccc1)c1ccccc1. The first-order valence-corrected chi connectivity index (χ1v) is 15.6. The van der Waals surface area contributed by atoms with E-state index in [-0.39, 0.29) is 5.04 Å². The number of rotatable bonds is 7. The standard InChI is InChI=1S/C27H35OPSi/c1-27(2,3)30(4,5)28-22-15-23-29(24-16-9-6-10-17-24,25-18-11-7-12-19-25)26-20-13-8-14-21-26/h6-14,16-21,23H,15,22H2,1-5H3.